The molecule has 7 heteroatoms. The SMILES string of the molecule is Cc1ccc(OC(C)(C)C(=O)N2CCC[C@@H]2c2nc(C)c3c(n2)N(C)C(=O)CC3)cc1C. The second kappa shape index (κ2) is 8.19. The van der Waals surface area contributed by atoms with Crippen LogP contribution in [0.15, 0.2) is 18.2 Å². The van der Waals surface area contributed by atoms with Gasteiger partial charge in [0.15, 0.2) is 11.4 Å². The Balaban J connectivity index is 1.60. The number of nitrogens with zero attached hydrogens (tertiary/aromatic N) is 4. The number of ether oxygens (including phenoxy) is 1. The summed E-state index contributed by atoms with van der Waals surface area (Å²) in [6, 6.07) is 5.65. The Morgan fingerprint density at radius 1 is 1.12 bits per heavy atom. The molecule has 170 valence electrons. The zero-order valence-electron chi connectivity index (χ0n) is 19.9. The molecular formula is C25H32N4O3. The molecule has 2 aliphatic rings. The molecule has 0 radical (unpaired) electrons. The van der Waals surface area contributed by atoms with Gasteiger partial charge in [-0.2, -0.15) is 0 Å². The average molecular weight is 437 g/mol. The fourth-order valence-corrected chi connectivity index (χ4v) is 4.58. The lowest BCUT2D eigenvalue weighted by Crippen LogP contribution is -2.48. The number of carbonyl (C=O) groups is 2. The maximum atomic E-state index is 13.6. The monoisotopic (exact) mass is 436 g/mol. The highest BCUT2D eigenvalue weighted by molar-refractivity contribution is 5.94. The van der Waals surface area contributed by atoms with Gasteiger partial charge in [0.2, 0.25) is 5.91 Å². The number of carbonyl (C=O) groups excluding carboxylic acids is 2. The van der Waals surface area contributed by atoms with Gasteiger partial charge in [-0.25, -0.2) is 9.97 Å². The first-order valence-electron chi connectivity index (χ1n) is 11.3. The van der Waals surface area contributed by atoms with Crippen LogP contribution in [-0.2, 0) is 16.0 Å². The lowest BCUT2D eigenvalue weighted by Gasteiger charge is -2.34. The topological polar surface area (TPSA) is 75.6 Å². The predicted molar refractivity (Wildman–Crippen MR) is 123 cm³/mol. The first kappa shape index (κ1) is 22.2. The molecule has 0 spiro atoms. The molecule has 2 amide bonds. The summed E-state index contributed by atoms with van der Waals surface area (Å²) in [5.74, 6) is 1.94. The molecule has 7 nitrogen and oxygen atoms in total. The molecule has 0 N–H and O–H groups in total. The van der Waals surface area contributed by atoms with E-state index in [2.05, 4.69) is 6.92 Å². The molecule has 1 atom stereocenters. The summed E-state index contributed by atoms with van der Waals surface area (Å²) < 4.78 is 6.16. The van der Waals surface area contributed by atoms with E-state index in [4.69, 9.17) is 14.7 Å². The number of benzene rings is 1. The highest BCUT2D eigenvalue weighted by atomic mass is 16.5. The molecule has 0 unspecified atom stereocenters. The van der Waals surface area contributed by atoms with E-state index in [-0.39, 0.29) is 17.9 Å². The molecule has 1 fully saturated rings. The molecule has 3 heterocycles. The molecule has 0 saturated carbocycles. The van der Waals surface area contributed by atoms with E-state index in [1.807, 2.05) is 50.8 Å². The summed E-state index contributed by atoms with van der Waals surface area (Å²) >= 11 is 0. The van der Waals surface area contributed by atoms with Crippen LogP contribution < -0.4 is 9.64 Å². The van der Waals surface area contributed by atoms with Gasteiger partial charge in [0.1, 0.15) is 11.6 Å². The third-order valence-corrected chi connectivity index (χ3v) is 6.67. The Hall–Kier alpha value is -2.96. The number of hydrogen-bond acceptors (Lipinski definition) is 5. The Morgan fingerprint density at radius 3 is 2.59 bits per heavy atom. The summed E-state index contributed by atoms with van der Waals surface area (Å²) in [6.07, 6.45) is 2.81. The second-order valence-electron chi connectivity index (χ2n) is 9.44. The van der Waals surface area contributed by atoms with E-state index in [9.17, 15) is 9.59 Å². The number of hydrogen-bond donors (Lipinski definition) is 0. The van der Waals surface area contributed by atoms with Crippen molar-refractivity contribution in [3.63, 3.8) is 0 Å². The van der Waals surface area contributed by atoms with Crippen LogP contribution >= 0.6 is 0 Å². The summed E-state index contributed by atoms with van der Waals surface area (Å²) in [7, 11) is 1.76. The lowest BCUT2D eigenvalue weighted by molar-refractivity contribution is -0.146. The molecule has 32 heavy (non-hydrogen) atoms. The largest absolute Gasteiger partial charge is 0.478 e. The summed E-state index contributed by atoms with van der Waals surface area (Å²) in [6.45, 7) is 10.3. The van der Waals surface area contributed by atoms with Gasteiger partial charge in [0.05, 0.1) is 6.04 Å². The van der Waals surface area contributed by atoms with Crippen molar-refractivity contribution >= 4 is 17.6 Å². The summed E-state index contributed by atoms with van der Waals surface area (Å²) in [5, 5.41) is 0. The van der Waals surface area contributed by atoms with Crippen LogP contribution in [-0.4, -0.2) is 45.9 Å². The minimum absolute atomic E-state index is 0.0591. The van der Waals surface area contributed by atoms with Crippen molar-refractivity contribution in [3.8, 4) is 5.75 Å². The lowest BCUT2D eigenvalue weighted by atomic mass is 10.0. The van der Waals surface area contributed by atoms with Crippen LogP contribution in [0.3, 0.4) is 0 Å². The maximum absolute atomic E-state index is 13.6. The van der Waals surface area contributed by atoms with E-state index in [1.165, 1.54) is 5.56 Å². The minimum atomic E-state index is -1.03. The minimum Gasteiger partial charge on any atom is -0.478 e. The van der Waals surface area contributed by atoms with E-state index in [0.717, 1.165) is 29.7 Å². The van der Waals surface area contributed by atoms with Crippen LogP contribution in [0.2, 0.25) is 0 Å². The van der Waals surface area contributed by atoms with Crippen molar-refractivity contribution in [1.29, 1.82) is 0 Å². The zero-order chi connectivity index (χ0) is 23.2. The highest BCUT2D eigenvalue weighted by Crippen LogP contribution is 2.36. The van der Waals surface area contributed by atoms with Gasteiger partial charge in [-0.1, -0.05) is 6.07 Å². The van der Waals surface area contributed by atoms with Gasteiger partial charge in [-0.15, -0.1) is 0 Å². The quantitative estimate of drug-likeness (QED) is 0.728. The van der Waals surface area contributed by atoms with Crippen LogP contribution in [0.25, 0.3) is 0 Å². The van der Waals surface area contributed by atoms with Gasteiger partial charge in [0.25, 0.3) is 5.91 Å². The molecule has 2 aromatic rings. The Kier molecular flexibility index (Phi) is 5.69. The fraction of sp³-hybridized carbons (Fsp3) is 0.520. The molecule has 1 aromatic heterocycles. The van der Waals surface area contributed by atoms with Gasteiger partial charge >= 0.3 is 0 Å². The first-order chi connectivity index (χ1) is 15.1. The standard InChI is InChI=1S/C25H32N4O3/c1-15-9-10-18(14-16(15)2)32-25(4,5)24(31)29-13-7-8-20(29)22-26-17(3)19-11-12-21(30)28(6)23(19)27-22/h9-10,14,20H,7-8,11-13H2,1-6H3/t20-/m1/s1. The van der Waals surface area contributed by atoms with E-state index < -0.39 is 5.60 Å². The third-order valence-electron chi connectivity index (χ3n) is 6.67. The number of aryl methyl sites for hydroxylation is 3. The highest BCUT2D eigenvalue weighted by Gasteiger charge is 2.41. The van der Waals surface area contributed by atoms with Crippen molar-refractivity contribution in [2.75, 3.05) is 18.5 Å². The van der Waals surface area contributed by atoms with Crippen molar-refractivity contribution in [2.24, 2.45) is 0 Å². The Morgan fingerprint density at radius 2 is 1.88 bits per heavy atom. The van der Waals surface area contributed by atoms with Crippen LogP contribution in [0.1, 0.15) is 67.4 Å². The van der Waals surface area contributed by atoms with Gasteiger partial charge in [-0.3, -0.25) is 14.5 Å². The molecular weight excluding hydrogens is 404 g/mol. The molecule has 0 aliphatic carbocycles. The summed E-state index contributed by atoms with van der Waals surface area (Å²) in [5.41, 5.74) is 3.19. The smallest absolute Gasteiger partial charge is 0.266 e. The third kappa shape index (κ3) is 3.96. The van der Waals surface area contributed by atoms with Crippen LogP contribution in [0.4, 0.5) is 5.82 Å². The predicted octanol–water partition coefficient (Wildman–Crippen LogP) is 3.83. The van der Waals surface area contributed by atoms with E-state index in [1.54, 1.807) is 11.9 Å². The van der Waals surface area contributed by atoms with Crippen molar-refractivity contribution in [1.82, 2.24) is 14.9 Å². The van der Waals surface area contributed by atoms with E-state index >= 15 is 0 Å². The van der Waals surface area contributed by atoms with E-state index in [0.29, 0.717) is 36.8 Å². The maximum Gasteiger partial charge on any atom is 0.266 e. The summed E-state index contributed by atoms with van der Waals surface area (Å²) in [4.78, 5) is 38.8. The van der Waals surface area contributed by atoms with Crippen LogP contribution in [0, 0.1) is 20.8 Å². The Bertz CT molecular complexity index is 1080. The first-order valence-corrected chi connectivity index (χ1v) is 11.3. The number of likely N-dealkylation sites (tertiary alicyclic amines) is 1. The molecule has 1 aromatic carbocycles. The Labute approximate surface area is 189 Å². The fourth-order valence-electron chi connectivity index (χ4n) is 4.58. The number of fused-ring (bicyclic) bond motifs is 1. The van der Waals surface area contributed by atoms with Crippen molar-refractivity contribution in [3.05, 3.63) is 46.4 Å². The van der Waals surface area contributed by atoms with Crippen LogP contribution in [0.5, 0.6) is 5.75 Å². The van der Waals surface area contributed by atoms with Crippen molar-refractivity contribution < 1.29 is 14.3 Å². The van der Waals surface area contributed by atoms with Gasteiger partial charge < -0.3 is 9.64 Å². The number of rotatable bonds is 4. The number of anilines is 1. The normalized spacial score (nSPS) is 18.7. The van der Waals surface area contributed by atoms with Gasteiger partial charge in [-0.05, 0) is 77.1 Å². The number of aromatic nitrogens is 2. The zero-order valence-corrected chi connectivity index (χ0v) is 19.9. The second-order valence-corrected chi connectivity index (χ2v) is 9.44. The molecule has 0 bridgehead atoms. The molecule has 2 aliphatic heterocycles. The molecule has 4 rings (SSSR count). The van der Waals surface area contributed by atoms with Gasteiger partial charge in [0, 0.05) is 31.3 Å². The average Bonchev–Trinajstić information content (AvgIpc) is 3.22. The van der Waals surface area contributed by atoms with Crippen molar-refractivity contribution in [2.45, 2.75) is 71.9 Å². The molecule has 1 saturated heterocycles. The number of amides is 2.